The Morgan fingerprint density at radius 3 is 2.88 bits per heavy atom. The molecule has 0 saturated carbocycles. The van der Waals surface area contributed by atoms with Gasteiger partial charge in [-0.2, -0.15) is 5.10 Å². The molecule has 25 heavy (non-hydrogen) atoms. The van der Waals surface area contributed by atoms with Gasteiger partial charge in [0.25, 0.3) is 0 Å². The molecule has 2 aromatic heterocycles. The highest BCUT2D eigenvalue weighted by molar-refractivity contribution is 7.98. The first kappa shape index (κ1) is 16.4. The van der Waals surface area contributed by atoms with E-state index >= 15 is 0 Å². The lowest BCUT2D eigenvalue weighted by Gasteiger charge is -2.22. The van der Waals surface area contributed by atoms with Crippen molar-refractivity contribution >= 4 is 29.6 Å². The monoisotopic (exact) mass is 350 g/mol. The predicted molar refractivity (Wildman–Crippen MR) is 105 cm³/mol. The average Bonchev–Trinajstić information content (AvgIpc) is 3.10. The van der Waals surface area contributed by atoms with Crippen LogP contribution in [0.4, 0.5) is 0 Å². The minimum absolute atomic E-state index is 0.491. The molecule has 0 bridgehead atoms. The summed E-state index contributed by atoms with van der Waals surface area (Å²) in [5.41, 5.74) is 4.36. The largest absolute Gasteiger partial charge is 0.316 e. The van der Waals surface area contributed by atoms with Gasteiger partial charge in [-0.25, -0.2) is 9.50 Å². The Morgan fingerprint density at radius 2 is 2.12 bits per heavy atom. The lowest BCUT2D eigenvalue weighted by atomic mass is 9.96. The van der Waals surface area contributed by atoms with E-state index in [4.69, 9.17) is 4.98 Å². The van der Waals surface area contributed by atoms with Crippen LogP contribution < -0.4 is 5.32 Å². The first-order valence-corrected chi connectivity index (χ1v) is 9.94. The number of fused-ring (bicyclic) bond motifs is 1. The summed E-state index contributed by atoms with van der Waals surface area (Å²) in [6, 6.07) is 12.5. The smallest absolute Gasteiger partial charge is 0.163 e. The Bertz CT molecular complexity index is 879. The molecule has 0 spiro atoms. The fraction of sp³-hybridized carbons (Fsp3) is 0.300. The Balaban J connectivity index is 1.74. The zero-order valence-corrected chi connectivity index (χ0v) is 15.2. The highest BCUT2D eigenvalue weighted by Crippen LogP contribution is 2.27. The molecule has 0 aliphatic carbocycles. The van der Waals surface area contributed by atoms with Crippen LogP contribution in [0, 0.1) is 0 Å². The molecule has 1 unspecified atom stereocenters. The molecule has 1 saturated heterocycles. The molecular formula is C20H22N4S. The fourth-order valence-electron chi connectivity index (χ4n) is 3.30. The lowest BCUT2D eigenvalue weighted by Crippen LogP contribution is -2.29. The summed E-state index contributed by atoms with van der Waals surface area (Å²) in [4.78, 5) is 4.98. The van der Waals surface area contributed by atoms with Crippen LogP contribution in [0.1, 0.15) is 35.6 Å². The van der Waals surface area contributed by atoms with Gasteiger partial charge in [-0.15, -0.1) is 11.8 Å². The summed E-state index contributed by atoms with van der Waals surface area (Å²) in [5.74, 6) is 0.491. The summed E-state index contributed by atoms with van der Waals surface area (Å²) >= 11 is 1.72. The van der Waals surface area contributed by atoms with Crippen molar-refractivity contribution in [1.29, 1.82) is 0 Å². The van der Waals surface area contributed by atoms with E-state index in [0.717, 1.165) is 29.3 Å². The van der Waals surface area contributed by atoms with Gasteiger partial charge in [-0.3, -0.25) is 0 Å². The molecule has 1 N–H and O–H groups in total. The second-order valence-electron chi connectivity index (χ2n) is 6.35. The normalized spacial score (nSPS) is 18.2. The van der Waals surface area contributed by atoms with Crippen molar-refractivity contribution < 1.29 is 0 Å². The number of nitrogens with zero attached hydrogens (tertiary/aromatic N) is 3. The maximum absolute atomic E-state index is 4.98. The number of nitrogens with one attached hydrogen (secondary N) is 1. The molecule has 128 valence electrons. The summed E-state index contributed by atoms with van der Waals surface area (Å²) in [6.07, 6.45) is 10.6. The van der Waals surface area contributed by atoms with Crippen LogP contribution in [0.3, 0.4) is 0 Å². The van der Waals surface area contributed by atoms with Gasteiger partial charge in [0, 0.05) is 23.7 Å². The highest BCUT2D eigenvalue weighted by atomic mass is 32.2. The highest BCUT2D eigenvalue weighted by Gasteiger charge is 2.19. The van der Waals surface area contributed by atoms with E-state index in [1.807, 2.05) is 28.9 Å². The molecule has 1 aliphatic rings. The van der Waals surface area contributed by atoms with Gasteiger partial charge in [0.15, 0.2) is 5.65 Å². The Kier molecular flexibility index (Phi) is 4.85. The van der Waals surface area contributed by atoms with Crippen molar-refractivity contribution in [2.45, 2.75) is 23.8 Å². The number of thioether (sulfide) groups is 1. The van der Waals surface area contributed by atoms with Crippen molar-refractivity contribution in [3.8, 4) is 0 Å². The molecule has 1 aromatic carbocycles. The molecule has 1 aliphatic heterocycles. The van der Waals surface area contributed by atoms with Gasteiger partial charge in [0.05, 0.1) is 6.20 Å². The minimum Gasteiger partial charge on any atom is -0.316 e. The van der Waals surface area contributed by atoms with E-state index in [9.17, 15) is 0 Å². The minimum atomic E-state index is 0.491. The molecule has 3 aromatic rings. The summed E-state index contributed by atoms with van der Waals surface area (Å²) in [7, 11) is 0. The molecule has 0 amide bonds. The van der Waals surface area contributed by atoms with Gasteiger partial charge in [0.1, 0.15) is 5.03 Å². The topological polar surface area (TPSA) is 42.2 Å². The van der Waals surface area contributed by atoms with Gasteiger partial charge in [0.2, 0.25) is 0 Å². The van der Waals surface area contributed by atoms with E-state index in [1.54, 1.807) is 11.8 Å². The third kappa shape index (κ3) is 3.48. The van der Waals surface area contributed by atoms with Crippen LogP contribution in [0.25, 0.3) is 17.8 Å². The number of aromatic nitrogens is 3. The molecule has 1 fully saturated rings. The van der Waals surface area contributed by atoms with E-state index in [1.165, 1.54) is 24.1 Å². The number of piperidine rings is 1. The maximum atomic E-state index is 4.98. The first-order chi connectivity index (χ1) is 12.3. The van der Waals surface area contributed by atoms with E-state index in [0.29, 0.717) is 5.92 Å². The van der Waals surface area contributed by atoms with Crippen molar-refractivity contribution in [3.63, 3.8) is 0 Å². The van der Waals surface area contributed by atoms with E-state index in [-0.39, 0.29) is 0 Å². The van der Waals surface area contributed by atoms with Gasteiger partial charge in [-0.05, 0) is 43.3 Å². The summed E-state index contributed by atoms with van der Waals surface area (Å²) in [6.45, 7) is 2.13. The summed E-state index contributed by atoms with van der Waals surface area (Å²) in [5, 5.41) is 9.19. The molecule has 3 heterocycles. The second kappa shape index (κ2) is 7.42. The third-order valence-electron chi connectivity index (χ3n) is 4.67. The van der Waals surface area contributed by atoms with Crippen LogP contribution in [0.5, 0.6) is 0 Å². The zero-order chi connectivity index (χ0) is 17.1. The van der Waals surface area contributed by atoms with Gasteiger partial charge in [-0.1, -0.05) is 36.4 Å². The quantitative estimate of drug-likeness (QED) is 0.568. The third-order valence-corrected chi connectivity index (χ3v) is 5.37. The zero-order valence-electron chi connectivity index (χ0n) is 14.4. The average molecular weight is 350 g/mol. The lowest BCUT2D eigenvalue weighted by molar-refractivity contribution is 0.453. The number of rotatable bonds is 4. The van der Waals surface area contributed by atoms with Crippen molar-refractivity contribution in [1.82, 2.24) is 19.9 Å². The maximum Gasteiger partial charge on any atom is 0.163 e. The van der Waals surface area contributed by atoms with Crippen LogP contribution in [-0.4, -0.2) is 33.9 Å². The van der Waals surface area contributed by atoms with Gasteiger partial charge >= 0.3 is 0 Å². The van der Waals surface area contributed by atoms with Crippen LogP contribution in [0.15, 0.2) is 47.6 Å². The Hall–Kier alpha value is -2.11. The van der Waals surface area contributed by atoms with E-state index < -0.39 is 0 Å². The molecule has 4 nitrogen and oxygen atoms in total. The molecular weight excluding hydrogens is 328 g/mol. The molecule has 4 rings (SSSR count). The number of benzene rings is 1. The standard InChI is InChI=1S/C20H22N4S/c1-25-19-12-18(16-8-5-11-21-13-16)23-20-17(14-22-24(19)20)10-9-15-6-3-2-4-7-15/h2-4,6-7,9-10,12,14,16,21H,5,8,11,13H2,1H3/b10-9+. The second-order valence-corrected chi connectivity index (χ2v) is 7.17. The van der Waals surface area contributed by atoms with Crippen LogP contribution in [0.2, 0.25) is 0 Å². The fourth-order valence-corrected chi connectivity index (χ4v) is 3.84. The van der Waals surface area contributed by atoms with E-state index in [2.05, 4.69) is 47.0 Å². The Morgan fingerprint density at radius 1 is 1.24 bits per heavy atom. The van der Waals surface area contributed by atoms with Crippen molar-refractivity contribution in [2.75, 3.05) is 19.3 Å². The van der Waals surface area contributed by atoms with Crippen molar-refractivity contribution in [3.05, 3.63) is 59.4 Å². The van der Waals surface area contributed by atoms with Crippen molar-refractivity contribution in [2.24, 2.45) is 0 Å². The molecule has 1 atom stereocenters. The molecule has 5 heteroatoms. The Labute approximate surface area is 152 Å². The predicted octanol–water partition coefficient (Wildman–Crippen LogP) is 4.09. The SMILES string of the molecule is CSc1cc(C2CCCNC2)nc2c(/C=C/c3ccccc3)cnn12. The number of hydrogen-bond donors (Lipinski definition) is 1. The molecule has 0 radical (unpaired) electrons. The van der Waals surface area contributed by atoms with Gasteiger partial charge < -0.3 is 5.32 Å². The van der Waals surface area contributed by atoms with Crippen LogP contribution in [-0.2, 0) is 0 Å². The number of hydrogen-bond acceptors (Lipinski definition) is 4. The first-order valence-electron chi connectivity index (χ1n) is 8.71. The van der Waals surface area contributed by atoms with Crippen LogP contribution >= 0.6 is 11.8 Å². The summed E-state index contributed by atoms with van der Waals surface area (Å²) < 4.78 is 1.95.